The van der Waals surface area contributed by atoms with Gasteiger partial charge >= 0.3 is 12.0 Å². The number of likely N-dealkylation sites (tertiary alicyclic amines) is 1. The number of carbonyl (C=O) groups is 2. The normalized spacial score (nSPS) is 27.2. The van der Waals surface area contributed by atoms with Crippen LogP contribution in [0, 0.1) is 0 Å². The van der Waals surface area contributed by atoms with Crippen LogP contribution in [0.3, 0.4) is 0 Å². The molecule has 8 heteroatoms. The van der Waals surface area contributed by atoms with Crippen molar-refractivity contribution in [2.45, 2.75) is 18.9 Å². The lowest BCUT2D eigenvalue weighted by atomic mass is 10.2. The van der Waals surface area contributed by atoms with Gasteiger partial charge in [-0.15, -0.1) is 0 Å². The van der Waals surface area contributed by atoms with Crippen molar-refractivity contribution in [1.29, 1.82) is 0 Å². The first kappa shape index (κ1) is 13.1. The van der Waals surface area contributed by atoms with Crippen molar-refractivity contribution < 1.29 is 23.1 Å². The van der Waals surface area contributed by atoms with Crippen molar-refractivity contribution in [2.24, 2.45) is 0 Å². The summed E-state index contributed by atoms with van der Waals surface area (Å²) < 4.78 is 22.5. The number of carbonyl (C=O) groups excluding carboxylic acids is 1. The molecule has 0 aliphatic carbocycles. The van der Waals surface area contributed by atoms with Gasteiger partial charge in [-0.05, 0) is 12.8 Å². The predicted octanol–water partition coefficient (Wildman–Crippen LogP) is -0.614. The minimum atomic E-state index is -3.03. The van der Waals surface area contributed by atoms with Gasteiger partial charge in [0.2, 0.25) is 0 Å². The molecular formula is C10H16N2O5S. The third-order valence-electron chi connectivity index (χ3n) is 3.40. The van der Waals surface area contributed by atoms with E-state index in [2.05, 4.69) is 0 Å². The molecule has 2 rings (SSSR count). The minimum absolute atomic E-state index is 0.0374. The lowest BCUT2D eigenvalue weighted by Gasteiger charge is -2.32. The summed E-state index contributed by atoms with van der Waals surface area (Å²) in [7, 11) is -3.03. The number of amides is 2. The molecule has 2 amide bonds. The van der Waals surface area contributed by atoms with Crippen LogP contribution in [-0.4, -0.2) is 72.5 Å². The molecule has 1 atom stereocenters. The van der Waals surface area contributed by atoms with Gasteiger partial charge in [-0.2, -0.15) is 0 Å². The first-order valence-corrected chi connectivity index (χ1v) is 7.71. The molecule has 0 aromatic carbocycles. The van der Waals surface area contributed by atoms with E-state index in [1.807, 2.05) is 0 Å². The second-order valence-corrected chi connectivity index (χ2v) is 6.91. The number of sulfone groups is 1. The SMILES string of the molecule is O=C(O)C1CCCN1C(=O)N1CCS(=O)(=O)CC1. The molecule has 18 heavy (non-hydrogen) atoms. The average molecular weight is 276 g/mol. The summed E-state index contributed by atoms with van der Waals surface area (Å²) in [4.78, 5) is 25.9. The maximum absolute atomic E-state index is 12.1. The largest absolute Gasteiger partial charge is 0.480 e. The highest BCUT2D eigenvalue weighted by atomic mass is 32.2. The second kappa shape index (κ2) is 4.75. The van der Waals surface area contributed by atoms with Gasteiger partial charge in [0.15, 0.2) is 9.84 Å². The Morgan fingerprint density at radius 1 is 1.11 bits per heavy atom. The maximum atomic E-state index is 12.1. The van der Waals surface area contributed by atoms with Crippen molar-refractivity contribution >= 4 is 21.8 Å². The molecule has 2 aliphatic rings. The first-order valence-electron chi connectivity index (χ1n) is 5.89. The van der Waals surface area contributed by atoms with Crippen molar-refractivity contribution in [3.05, 3.63) is 0 Å². The zero-order valence-electron chi connectivity index (χ0n) is 9.91. The highest BCUT2D eigenvalue weighted by Crippen LogP contribution is 2.20. The molecule has 1 N–H and O–H groups in total. The van der Waals surface area contributed by atoms with E-state index in [-0.39, 0.29) is 30.6 Å². The van der Waals surface area contributed by atoms with E-state index < -0.39 is 21.8 Å². The Morgan fingerprint density at radius 3 is 2.28 bits per heavy atom. The number of nitrogens with zero attached hydrogens (tertiary/aromatic N) is 2. The Hall–Kier alpha value is -1.31. The number of carboxylic acids is 1. The summed E-state index contributed by atoms with van der Waals surface area (Å²) >= 11 is 0. The number of hydrogen-bond donors (Lipinski definition) is 1. The molecule has 0 saturated carbocycles. The molecule has 7 nitrogen and oxygen atoms in total. The molecular weight excluding hydrogens is 260 g/mol. The minimum Gasteiger partial charge on any atom is -0.480 e. The highest BCUT2D eigenvalue weighted by molar-refractivity contribution is 7.91. The fourth-order valence-electron chi connectivity index (χ4n) is 2.34. The van der Waals surface area contributed by atoms with Gasteiger partial charge in [0, 0.05) is 19.6 Å². The Morgan fingerprint density at radius 2 is 1.72 bits per heavy atom. The van der Waals surface area contributed by atoms with Gasteiger partial charge < -0.3 is 14.9 Å². The van der Waals surface area contributed by atoms with E-state index in [9.17, 15) is 18.0 Å². The van der Waals surface area contributed by atoms with E-state index >= 15 is 0 Å². The van der Waals surface area contributed by atoms with Crippen molar-refractivity contribution in [1.82, 2.24) is 9.80 Å². The van der Waals surface area contributed by atoms with Crippen LogP contribution in [0.15, 0.2) is 0 Å². The average Bonchev–Trinajstić information content (AvgIpc) is 2.77. The molecule has 1 unspecified atom stereocenters. The van der Waals surface area contributed by atoms with Gasteiger partial charge in [0.25, 0.3) is 0 Å². The Labute approximate surface area is 105 Å². The first-order chi connectivity index (χ1) is 8.41. The summed E-state index contributed by atoms with van der Waals surface area (Å²) in [5.41, 5.74) is 0. The topological polar surface area (TPSA) is 95.0 Å². The molecule has 0 bridgehead atoms. The molecule has 2 aliphatic heterocycles. The van der Waals surface area contributed by atoms with Gasteiger partial charge in [0.05, 0.1) is 11.5 Å². The van der Waals surface area contributed by atoms with Gasteiger partial charge in [0.1, 0.15) is 6.04 Å². The smallest absolute Gasteiger partial charge is 0.326 e. The summed E-state index contributed by atoms with van der Waals surface area (Å²) in [5, 5.41) is 9.01. The van der Waals surface area contributed by atoms with Crippen molar-refractivity contribution in [3.8, 4) is 0 Å². The Balaban J connectivity index is 2.02. The Bertz CT molecular complexity index is 447. The van der Waals surface area contributed by atoms with E-state index in [1.54, 1.807) is 0 Å². The summed E-state index contributed by atoms with van der Waals surface area (Å²) in [6, 6.07) is -1.12. The van der Waals surface area contributed by atoms with E-state index in [1.165, 1.54) is 9.80 Å². The summed E-state index contributed by atoms with van der Waals surface area (Å²) in [6.07, 6.45) is 1.14. The van der Waals surface area contributed by atoms with Crippen molar-refractivity contribution in [2.75, 3.05) is 31.1 Å². The van der Waals surface area contributed by atoms with Gasteiger partial charge in [-0.3, -0.25) is 0 Å². The number of rotatable bonds is 1. The molecule has 102 valence electrons. The van der Waals surface area contributed by atoms with Crippen LogP contribution in [0.2, 0.25) is 0 Å². The molecule has 2 heterocycles. The molecule has 0 aromatic rings. The number of aliphatic carboxylic acids is 1. The Kier molecular flexibility index (Phi) is 3.47. The fraction of sp³-hybridized carbons (Fsp3) is 0.800. The van der Waals surface area contributed by atoms with E-state index in [4.69, 9.17) is 5.11 Å². The van der Waals surface area contributed by atoms with Crippen LogP contribution in [0.5, 0.6) is 0 Å². The van der Waals surface area contributed by atoms with Gasteiger partial charge in [-0.1, -0.05) is 0 Å². The van der Waals surface area contributed by atoms with Crippen LogP contribution < -0.4 is 0 Å². The third kappa shape index (κ3) is 2.58. The highest BCUT2D eigenvalue weighted by Gasteiger charge is 2.37. The lowest BCUT2D eigenvalue weighted by molar-refractivity contribution is -0.141. The fourth-order valence-corrected chi connectivity index (χ4v) is 3.54. The predicted molar refractivity (Wildman–Crippen MR) is 63.0 cm³/mol. The van der Waals surface area contributed by atoms with E-state index in [0.717, 1.165) is 0 Å². The molecule has 0 aromatic heterocycles. The number of carboxylic acid groups (broad SMARTS) is 1. The van der Waals surface area contributed by atoms with E-state index in [0.29, 0.717) is 19.4 Å². The van der Waals surface area contributed by atoms with Crippen LogP contribution in [-0.2, 0) is 14.6 Å². The quantitative estimate of drug-likeness (QED) is 0.689. The lowest BCUT2D eigenvalue weighted by Crippen LogP contribution is -2.52. The molecule has 2 saturated heterocycles. The monoisotopic (exact) mass is 276 g/mol. The molecule has 2 fully saturated rings. The zero-order valence-corrected chi connectivity index (χ0v) is 10.7. The van der Waals surface area contributed by atoms with Gasteiger partial charge in [-0.25, -0.2) is 18.0 Å². The van der Waals surface area contributed by atoms with Crippen LogP contribution in [0.25, 0.3) is 0 Å². The standard InChI is InChI=1S/C10H16N2O5S/c13-9(14)8-2-1-3-12(8)10(15)11-4-6-18(16,17)7-5-11/h8H,1-7H2,(H,13,14). The van der Waals surface area contributed by atoms with Crippen LogP contribution in [0.1, 0.15) is 12.8 Å². The second-order valence-electron chi connectivity index (χ2n) is 4.61. The number of urea groups is 1. The van der Waals surface area contributed by atoms with Crippen LogP contribution in [0.4, 0.5) is 4.79 Å². The molecule has 0 radical (unpaired) electrons. The number of hydrogen-bond acceptors (Lipinski definition) is 4. The zero-order chi connectivity index (χ0) is 13.3. The molecule has 0 spiro atoms. The summed E-state index contributed by atoms with van der Waals surface area (Å²) in [5.74, 6) is -1.07. The third-order valence-corrected chi connectivity index (χ3v) is 5.01. The van der Waals surface area contributed by atoms with Crippen molar-refractivity contribution in [3.63, 3.8) is 0 Å². The maximum Gasteiger partial charge on any atom is 0.326 e. The summed E-state index contributed by atoms with van der Waals surface area (Å²) in [6.45, 7) is 0.743. The van der Waals surface area contributed by atoms with Crippen LogP contribution >= 0.6 is 0 Å².